The highest BCUT2D eigenvalue weighted by Gasteiger charge is 2.15. The second kappa shape index (κ2) is 7.76. The summed E-state index contributed by atoms with van der Waals surface area (Å²) in [6.07, 6.45) is 3.97. The summed E-state index contributed by atoms with van der Waals surface area (Å²) in [5, 5.41) is 3.45. The molecule has 1 N–H and O–H groups in total. The summed E-state index contributed by atoms with van der Waals surface area (Å²) in [7, 11) is 0. The zero-order chi connectivity index (χ0) is 18.6. The first kappa shape index (κ1) is 17.5. The van der Waals surface area contributed by atoms with Gasteiger partial charge in [0.25, 0.3) is 5.91 Å². The van der Waals surface area contributed by atoms with Crippen LogP contribution in [0.5, 0.6) is 0 Å². The van der Waals surface area contributed by atoms with E-state index in [-0.39, 0.29) is 5.91 Å². The largest absolute Gasteiger partial charge is 0.357 e. The highest BCUT2D eigenvalue weighted by atomic mass is 35.5. The molecule has 6 heteroatoms. The number of amides is 1. The van der Waals surface area contributed by atoms with Gasteiger partial charge in [0.05, 0.1) is 5.69 Å². The number of nitrogens with zero attached hydrogens (tertiary/aromatic N) is 3. The minimum Gasteiger partial charge on any atom is -0.357 e. The van der Waals surface area contributed by atoms with Crippen molar-refractivity contribution in [3.8, 4) is 11.3 Å². The Morgan fingerprint density at radius 2 is 1.81 bits per heavy atom. The molecule has 1 saturated heterocycles. The monoisotopic (exact) mass is 378 g/mol. The Bertz CT molecular complexity index is 970. The van der Waals surface area contributed by atoms with E-state index in [2.05, 4.69) is 20.2 Å². The molecule has 27 heavy (non-hydrogen) atoms. The van der Waals surface area contributed by atoms with Crippen molar-refractivity contribution in [2.45, 2.75) is 12.8 Å². The Labute approximate surface area is 163 Å². The lowest BCUT2D eigenvalue weighted by Gasteiger charge is -2.16. The lowest BCUT2D eigenvalue weighted by Crippen LogP contribution is -2.19. The van der Waals surface area contributed by atoms with Gasteiger partial charge >= 0.3 is 0 Å². The maximum atomic E-state index is 12.6. The van der Waals surface area contributed by atoms with E-state index in [0.29, 0.717) is 16.3 Å². The molecule has 1 amide bonds. The van der Waals surface area contributed by atoms with Crippen LogP contribution in [0.4, 0.5) is 11.5 Å². The average molecular weight is 379 g/mol. The van der Waals surface area contributed by atoms with Crippen molar-refractivity contribution >= 4 is 29.0 Å². The number of rotatable bonds is 4. The molecule has 136 valence electrons. The first-order valence-electron chi connectivity index (χ1n) is 8.93. The number of hydrogen-bond acceptors (Lipinski definition) is 4. The van der Waals surface area contributed by atoms with Gasteiger partial charge in [-0.05, 0) is 43.2 Å². The highest BCUT2D eigenvalue weighted by molar-refractivity contribution is 6.31. The fourth-order valence-corrected chi connectivity index (χ4v) is 3.40. The smallest absolute Gasteiger partial charge is 0.255 e. The summed E-state index contributed by atoms with van der Waals surface area (Å²) in [6, 6.07) is 16.5. The molecule has 0 bridgehead atoms. The van der Waals surface area contributed by atoms with Crippen LogP contribution >= 0.6 is 11.6 Å². The van der Waals surface area contributed by atoms with E-state index in [9.17, 15) is 4.79 Å². The Morgan fingerprint density at radius 1 is 1.00 bits per heavy atom. The topological polar surface area (TPSA) is 58.1 Å². The van der Waals surface area contributed by atoms with Gasteiger partial charge in [-0.15, -0.1) is 0 Å². The molecular formula is C21H19ClN4O. The Kier molecular flexibility index (Phi) is 5.03. The SMILES string of the molecule is O=C(Nc1cccc(Cl)c1)c1cccc(-c2cc(N3CCCC3)ncn2)c1. The second-order valence-electron chi connectivity index (χ2n) is 6.50. The van der Waals surface area contributed by atoms with Crippen molar-refractivity contribution in [1.29, 1.82) is 0 Å². The molecule has 0 atom stereocenters. The molecule has 3 aromatic rings. The number of anilines is 2. The van der Waals surface area contributed by atoms with Crippen molar-refractivity contribution in [2.75, 3.05) is 23.3 Å². The van der Waals surface area contributed by atoms with Crippen LogP contribution in [0.3, 0.4) is 0 Å². The van der Waals surface area contributed by atoms with E-state index in [0.717, 1.165) is 30.2 Å². The van der Waals surface area contributed by atoms with E-state index in [1.165, 1.54) is 12.8 Å². The van der Waals surface area contributed by atoms with Crippen LogP contribution < -0.4 is 10.2 Å². The maximum absolute atomic E-state index is 12.6. The summed E-state index contributed by atoms with van der Waals surface area (Å²) in [5.74, 6) is 0.749. The standard InChI is InChI=1S/C21H19ClN4O/c22-17-7-4-8-18(12-17)25-21(27)16-6-3-5-15(11-16)19-13-20(24-14-23-19)26-9-1-2-10-26/h3-8,11-14H,1-2,9-10H2,(H,25,27). The predicted octanol–water partition coefficient (Wildman–Crippen LogP) is 4.65. The van der Waals surface area contributed by atoms with Gasteiger partial charge in [-0.1, -0.05) is 29.8 Å². The quantitative estimate of drug-likeness (QED) is 0.718. The number of halogens is 1. The summed E-state index contributed by atoms with van der Waals surface area (Å²) in [4.78, 5) is 23.6. The summed E-state index contributed by atoms with van der Waals surface area (Å²) >= 11 is 5.98. The number of carbonyl (C=O) groups is 1. The van der Waals surface area contributed by atoms with E-state index in [4.69, 9.17) is 11.6 Å². The van der Waals surface area contributed by atoms with Crippen LogP contribution in [0.1, 0.15) is 23.2 Å². The van der Waals surface area contributed by atoms with Gasteiger partial charge in [-0.25, -0.2) is 9.97 Å². The van der Waals surface area contributed by atoms with Crippen molar-refractivity contribution in [1.82, 2.24) is 9.97 Å². The summed E-state index contributed by atoms with van der Waals surface area (Å²) in [6.45, 7) is 2.05. The molecule has 1 aliphatic rings. The van der Waals surface area contributed by atoms with Gasteiger partial charge in [0.15, 0.2) is 0 Å². The average Bonchev–Trinajstić information content (AvgIpc) is 3.23. The number of nitrogens with one attached hydrogen (secondary N) is 1. The fourth-order valence-electron chi connectivity index (χ4n) is 3.21. The summed E-state index contributed by atoms with van der Waals surface area (Å²) in [5.41, 5.74) is 2.92. The van der Waals surface area contributed by atoms with E-state index in [1.807, 2.05) is 24.3 Å². The molecule has 5 nitrogen and oxygen atoms in total. The fraction of sp³-hybridized carbons (Fsp3) is 0.190. The van der Waals surface area contributed by atoms with E-state index >= 15 is 0 Å². The minimum atomic E-state index is -0.187. The molecule has 4 rings (SSSR count). The van der Waals surface area contributed by atoms with E-state index in [1.54, 1.807) is 36.7 Å². The van der Waals surface area contributed by atoms with Gasteiger partial charge in [-0.2, -0.15) is 0 Å². The molecule has 0 unspecified atom stereocenters. The Hall–Kier alpha value is -2.92. The van der Waals surface area contributed by atoms with Crippen LogP contribution in [0.15, 0.2) is 60.9 Å². The van der Waals surface area contributed by atoms with Crippen molar-refractivity contribution in [2.24, 2.45) is 0 Å². The first-order valence-corrected chi connectivity index (χ1v) is 9.31. The third kappa shape index (κ3) is 4.09. The molecule has 0 radical (unpaired) electrons. The molecule has 2 aromatic carbocycles. The molecule has 0 aliphatic carbocycles. The Morgan fingerprint density at radius 3 is 2.63 bits per heavy atom. The molecule has 1 aliphatic heterocycles. The lowest BCUT2D eigenvalue weighted by molar-refractivity contribution is 0.102. The second-order valence-corrected chi connectivity index (χ2v) is 6.94. The number of benzene rings is 2. The molecule has 2 heterocycles. The molecule has 0 saturated carbocycles. The molecule has 1 fully saturated rings. The maximum Gasteiger partial charge on any atom is 0.255 e. The number of hydrogen-bond donors (Lipinski definition) is 1. The lowest BCUT2D eigenvalue weighted by atomic mass is 10.1. The first-order chi connectivity index (χ1) is 13.2. The van der Waals surface area contributed by atoms with E-state index < -0.39 is 0 Å². The molecule has 0 spiro atoms. The predicted molar refractivity (Wildman–Crippen MR) is 108 cm³/mol. The van der Waals surface area contributed by atoms with Gasteiger partial charge in [0.1, 0.15) is 12.1 Å². The van der Waals surface area contributed by atoms with Gasteiger partial charge in [0, 0.05) is 41.0 Å². The van der Waals surface area contributed by atoms with Crippen LogP contribution in [-0.4, -0.2) is 29.0 Å². The number of carbonyl (C=O) groups excluding carboxylic acids is 1. The number of aromatic nitrogens is 2. The van der Waals surface area contributed by atoms with Crippen LogP contribution in [0, 0.1) is 0 Å². The van der Waals surface area contributed by atoms with Crippen molar-refractivity contribution in [3.05, 3.63) is 71.5 Å². The minimum absolute atomic E-state index is 0.187. The van der Waals surface area contributed by atoms with Crippen LogP contribution in [0.2, 0.25) is 5.02 Å². The van der Waals surface area contributed by atoms with Gasteiger partial charge < -0.3 is 10.2 Å². The summed E-state index contributed by atoms with van der Waals surface area (Å²) < 4.78 is 0. The zero-order valence-corrected chi connectivity index (χ0v) is 15.5. The zero-order valence-electron chi connectivity index (χ0n) is 14.7. The van der Waals surface area contributed by atoms with Crippen LogP contribution in [0.25, 0.3) is 11.3 Å². The molecule has 1 aromatic heterocycles. The molecular weight excluding hydrogens is 360 g/mol. The van der Waals surface area contributed by atoms with Crippen molar-refractivity contribution < 1.29 is 4.79 Å². The Balaban J connectivity index is 1.57. The normalized spacial score (nSPS) is 13.6. The highest BCUT2D eigenvalue weighted by Crippen LogP contribution is 2.24. The van der Waals surface area contributed by atoms with Gasteiger partial charge in [0.2, 0.25) is 0 Å². The van der Waals surface area contributed by atoms with Crippen LogP contribution in [-0.2, 0) is 0 Å². The third-order valence-corrected chi connectivity index (χ3v) is 4.82. The van der Waals surface area contributed by atoms with Crippen molar-refractivity contribution in [3.63, 3.8) is 0 Å². The van der Waals surface area contributed by atoms with Gasteiger partial charge in [-0.3, -0.25) is 4.79 Å². The third-order valence-electron chi connectivity index (χ3n) is 4.59.